The summed E-state index contributed by atoms with van der Waals surface area (Å²) in [5, 5.41) is 0.959. The quantitative estimate of drug-likeness (QED) is 0.726. The highest BCUT2D eigenvalue weighted by Crippen LogP contribution is 2.25. The van der Waals surface area contributed by atoms with Crippen molar-refractivity contribution in [3.63, 3.8) is 0 Å². The molecule has 2 aromatic rings. The molecule has 0 radical (unpaired) electrons. The summed E-state index contributed by atoms with van der Waals surface area (Å²) in [5.74, 6) is 0.451. The largest absolute Gasteiger partial charge is 0.0918 e. The van der Waals surface area contributed by atoms with Crippen molar-refractivity contribution in [1.82, 2.24) is 0 Å². The molecule has 15 heavy (non-hydrogen) atoms. The lowest BCUT2D eigenvalue weighted by Crippen LogP contribution is -2.01. The van der Waals surface area contributed by atoms with E-state index in [4.69, 9.17) is 0 Å². The van der Waals surface area contributed by atoms with Gasteiger partial charge in [-0.15, -0.1) is 0 Å². The van der Waals surface area contributed by atoms with Gasteiger partial charge < -0.3 is 0 Å². The van der Waals surface area contributed by atoms with Crippen LogP contribution in [0.3, 0.4) is 0 Å². The molecule has 0 aliphatic heterocycles. The van der Waals surface area contributed by atoms with Gasteiger partial charge in [0.15, 0.2) is 0 Å². The van der Waals surface area contributed by atoms with Crippen LogP contribution in [0, 0.1) is 0 Å². The molecule has 0 amide bonds. The molecule has 0 aliphatic rings. The van der Waals surface area contributed by atoms with E-state index in [9.17, 15) is 0 Å². The first kappa shape index (κ1) is 10.4. The summed E-state index contributed by atoms with van der Waals surface area (Å²) in [6, 6.07) is 21.2. The summed E-state index contributed by atoms with van der Waals surface area (Å²) in [6.45, 7) is 0. The first-order chi connectivity index (χ1) is 7.42. The van der Waals surface area contributed by atoms with E-state index in [2.05, 4.69) is 76.6 Å². The molecule has 0 unspecified atom stereocenters. The van der Waals surface area contributed by atoms with Gasteiger partial charge in [0.25, 0.3) is 0 Å². The molecule has 0 fully saturated rings. The monoisotopic (exact) mass is 260 g/mol. The molecule has 76 valence electrons. The molecule has 2 rings (SSSR count). The average molecular weight is 261 g/mol. The van der Waals surface area contributed by atoms with Crippen molar-refractivity contribution in [2.75, 3.05) is 5.33 Å². The second-order valence-corrected chi connectivity index (χ2v) is 4.18. The molecule has 0 spiro atoms. The standard InChI is InChI=1S/C14H13Br/c15-11-14(12-7-3-1-4-8-12)13-9-5-2-6-10-13/h1-10,14H,11H2. The molecular weight excluding hydrogens is 248 g/mol. The Hall–Kier alpha value is -1.08. The number of hydrogen-bond donors (Lipinski definition) is 0. The van der Waals surface area contributed by atoms with Gasteiger partial charge in [0.2, 0.25) is 0 Å². The number of rotatable bonds is 3. The zero-order valence-electron chi connectivity index (χ0n) is 8.44. The fourth-order valence-electron chi connectivity index (χ4n) is 1.74. The zero-order valence-corrected chi connectivity index (χ0v) is 10.0. The smallest absolute Gasteiger partial charge is 0.0186 e. The van der Waals surface area contributed by atoms with Crippen molar-refractivity contribution >= 4 is 15.9 Å². The number of halogens is 1. The summed E-state index contributed by atoms with van der Waals surface area (Å²) in [6.07, 6.45) is 0. The fraction of sp³-hybridized carbons (Fsp3) is 0.143. The van der Waals surface area contributed by atoms with Crippen molar-refractivity contribution in [3.05, 3.63) is 71.8 Å². The van der Waals surface area contributed by atoms with Gasteiger partial charge in [-0.3, -0.25) is 0 Å². The Morgan fingerprint density at radius 3 is 1.47 bits per heavy atom. The average Bonchev–Trinajstić information content (AvgIpc) is 2.33. The van der Waals surface area contributed by atoms with Crippen LogP contribution in [0.5, 0.6) is 0 Å². The summed E-state index contributed by atoms with van der Waals surface area (Å²) < 4.78 is 0. The van der Waals surface area contributed by atoms with Crippen LogP contribution >= 0.6 is 15.9 Å². The maximum atomic E-state index is 3.59. The molecule has 0 saturated heterocycles. The van der Waals surface area contributed by atoms with Crippen LogP contribution in [0.25, 0.3) is 0 Å². The predicted molar refractivity (Wildman–Crippen MR) is 68.5 cm³/mol. The molecule has 0 heterocycles. The minimum absolute atomic E-state index is 0.451. The van der Waals surface area contributed by atoms with Gasteiger partial charge in [-0.1, -0.05) is 76.6 Å². The highest BCUT2D eigenvalue weighted by atomic mass is 79.9. The van der Waals surface area contributed by atoms with Crippen LogP contribution in [0.1, 0.15) is 17.0 Å². The van der Waals surface area contributed by atoms with Crippen molar-refractivity contribution in [3.8, 4) is 0 Å². The van der Waals surface area contributed by atoms with Crippen LogP contribution in [0.15, 0.2) is 60.7 Å². The van der Waals surface area contributed by atoms with E-state index >= 15 is 0 Å². The summed E-state index contributed by atoms with van der Waals surface area (Å²) in [7, 11) is 0. The molecule has 0 saturated carbocycles. The van der Waals surface area contributed by atoms with Gasteiger partial charge in [-0.05, 0) is 11.1 Å². The van der Waals surface area contributed by atoms with E-state index in [-0.39, 0.29) is 0 Å². The topological polar surface area (TPSA) is 0 Å². The van der Waals surface area contributed by atoms with E-state index in [1.165, 1.54) is 11.1 Å². The van der Waals surface area contributed by atoms with Crippen LogP contribution in [0.2, 0.25) is 0 Å². The van der Waals surface area contributed by atoms with Gasteiger partial charge in [0.1, 0.15) is 0 Å². The molecule has 2 aromatic carbocycles. The normalized spacial score (nSPS) is 10.5. The van der Waals surface area contributed by atoms with Crippen LogP contribution in [-0.4, -0.2) is 5.33 Å². The van der Waals surface area contributed by atoms with E-state index < -0.39 is 0 Å². The maximum absolute atomic E-state index is 3.59. The van der Waals surface area contributed by atoms with Gasteiger partial charge in [0, 0.05) is 11.2 Å². The SMILES string of the molecule is BrCC(c1ccccc1)c1ccccc1. The number of benzene rings is 2. The first-order valence-electron chi connectivity index (χ1n) is 5.07. The lowest BCUT2D eigenvalue weighted by Gasteiger charge is -2.14. The van der Waals surface area contributed by atoms with Crippen LogP contribution in [-0.2, 0) is 0 Å². The Kier molecular flexibility index (Phi) is 3.57. The molecule has 0 atom stereocenters. The Morgan fingerprint density at radius 2 is 1.13 bits per heavy atom. The van der Waals surface area contributed by atoms with Crippen molar-refractivity contribution < 1.29 is 0 Å². The lowest BCUT2D eigenvalue weighted by atomic mass is 9.93. The lowest BCUT2D eigenvalue weighted by molar-refractivity contribution is 0.945. The number of alkyl halides is 1. The third-order valence-corrected chi connectivity index (χ3v) is 3.21. The van der Waals surface area contributed by atoms with Gasteiger partial charge in [0.05, 0.1) is 0 Å². The van der Waals surface area contributed by atoms with Crippen molar-refractivity contribution in [2.24, 2.45) is 0 Å². The molecule has 0 N–H and O–H groups in total. The Bertz CT molecular complexity index is 355. The predicted octanol–water partition coefficient (Wildman–Crippen LogP) is 4.21. The van der Waals surface area contributed by atoms with E-state index in [0.29, 0.717) is 5.92 Å². The van der Waals surface area contributed by atoms with E-state index in [0.717, 1.165) is 5.33 Å². The van der Waals surface area contributed by atoms with Gasteiger partial charge in [-0.2, -0.15) is 0 Å². The molecule has 0 nitrogen and oxygen atoms in total. The van der Waals surface area contributed by atoms with Crippen LogP contribution in [0.4, 0.5) is 0 Å². The molecular formula is C14H13Br. The summed E-state index contributed by atoms with van der Waals surface area (Å²) in [4.78, 5) is 0. The molecule has 1 heteroatoms. The summed E-state index contributed by atoms with van der Waals surface area (Å²) >= 11 is 3.59. The Labute approximate surface area is 99.1 Å². The molecule has 0 bridgehead atoms. The molecule has 0 aliphatic carbocycles. The van der Waals surface area contributed by atoms with Crippen molar-refractivity contribution in [2.45, 2.75) is 5.92 Å². The minimum atomic E-state index is 0.451. The highest BCUT2D eigenvalue weighted by Gasteiger charge is 2.11. The Morgan fingerprint density at radius 1 is 0.733 bits per heavy atom. The maximum Gasteiger partial charge on any atom is 0.0186 e. The van der Waals surface area contributed by atoms with E-state index in [1.54, 1.807) is 0 Å². The Balaban J connectivity index is 2.34. The van der Waals surface area contributed by atoms with Crippen molar-refractivity contribution in [1.29, 1.82) is 0 Å². The second kappa shape index (κ2) is 5.13. The zero-order chi connectivity index (χ0) is 10.5. The minimum Gasteiger partial charge on any atom is -0.0918 e. The highest BCUT2D eigenvalue weighted by molar-refractivity contribution is 9.09. The first-order valence-corrected chi connectivity index (χ1v) is 6.20. The third kappa shape index (κ3) is 2.48. The fourth-order valence-corrected chi connectivity index (χ4v) is 2.49. The number of hydrogen-bond acceptors (Lipinski definition) is 0. The van der Waals surface area contributed by atoms with Gasteiger partial charge in [-0.25, -0.2) is 0 Å². The molecule has 0 aromatic heterocycles. The van der Waals surface area contributed by atoms with Crippen LogP contribution < -0.4 is 0 Å². The van der Waals surface area contributed by atoms with Gasteiger partial charge >= 0.3 is 0 Å². The third-order valence-electron chi connectivity index (χ3n) is 2.56. The van der Waals surface area contributed by atoms with E-state index in [1.807, 2.05) is 0 Å². The summed E-state index contributed by atoms with van der Waals surface area (Å²) in [5.41, 5.74) is 2.72. The second-order valence-electron chi connectivity index (χ2n) is 3.53.